The number of carbonyl (C=O) groups excluding carboxylic acids is 1. The van der Waals surface area contributed by atoms with Crippen LogP contribution in [0.25, 0.3) is 0 Å². The standard InChI is InChI=1S/C15H19N5O2S/c1-9(16-7-13-18-15(20(2)3)23-19-13)10-4-5-12-11(6-10)17-14(21)8-22-12/h4-6,9,16H,7-8H2,1-3H3,(H,17,21). The number of aromatic nitrogens is 2. The Bertz CT molecular complexity index is 716. The predicted molar refractivity (Wildman–Crippen MR) is 90.1 cm³/mol. The minimum Gasteiger partial charge on any atom is -0.482 e. The number of nitrogens with one attached hydrogen (secondary N) is 2. The molecule has 1 aliphatic heterocycles. The maximum absolute atomic E-state index is 11.4. The molecule has 0 spiro atoms. The van der Waals surface area contributed by atoms with Gasteiger partial charge < -0.3 is 20.3 Å². The Labute approximate surface area is 138 Å². The third-order valence-corrected chi connectivity index (χ3v) is 4.46. The van der Waals surface area contributed by atoms with Crippen LogP contribution >= 0.6 is 11.5 Å². The molecule has 23 heavy (non-hydrogen) atoms. The molecule has 0 radical (unpaired) electrons. The van der Waals surface area contributed by atoms with E-state index in [0.717, 1.165) is 16.5 Å². The first kappa shape index (κ1) is 15.7. The molecule has 2 aromatic rings. The minimum atomic E-state index is -0.127. The second-order valence-electron chi connectivity index (χ2n) is 5.58. The van der Waals surface area contributed by atoms with Crippen LogP contribution in [-0.2, 0) is 11.3 Å². The number of hydrogen-bond donors (Lipinski definition) is 2. The van der Waals surface area contributed by atoms with Gasteiger partial charge in [0.2, 0.25) is 5.13 Å². The van der Waals surface area contributed by atoms with Gasteiger partial charge in [-0.05, 0) is 24.6 Å². The zero-order valence-corrected chi connectivity index (χ0v) is 14.1. The predicted octanol–water partition coefficient (Wildman–Crippen LogP) is 1.79. The Morgan fingerprint density at radius 3 is 3.04 bits per heavy atom. The number of carbonyl (C=O) groups is 1. The Morgan fingerprint density at radius 2 is 2.30 bits per heavy atom. The number of benzene rings is 1. The summed E-state index contributed by atoms with van der Waals surface area (Å²) in [6.07, 6.45) is 0. The fourth-order valence-electron chi connectivity index (χ4n) is 2.23. The molecule has 0 bridgehead atoms. The van der Waals surface area contributed by atoms with E-state index in [4.69, 9.17) is 4.74 Å². The fraction of sp³-hybridized carbons (Fsp3) is 0.400. The minimum absolute atomic E-state index is 0.0733. The molecule has 0 saturated carbocycles. The summed E-state index contributed by atoms with van der Waals surface area (Å²) in [5.74, 6) is 1.36. The zero-order chi connectivity index (χ0) is 16.4. The first-order chi connectivity index (χ1) is 11.0. The molecule has 2 heterocycles. The van der Waals surface area contributed by atoms with E-state index in [2.05, 4.69) is 26.9 Å². The summed E-state index contributed by atoms with van der Waals surface area (Å²) in [6.45, 7) is 2.72. The summed E-state index contributed by atoms with van der Waals surface area (Å²) >= 11 is 1.38. The Morgan fingerprint density at radius 1 is 1.48 bits per heavy atom. The van der Waals surface area contributed by atoms with Crippen molar-refractivity contribution in [3.05, 3.63) is 29.6 Å². The van der Waals surface area contributed by atoms with Gasteiger partial charge in [-0.1, -0.05) is 6.07 Å². The summed E-state index contributed by atoms with van der Waals surface area (Å²) in [5.41, 5.74) is 1.78. The number of hydrogen-bond acceptors (Lipinski definition) is 7. The lowest BCUT2D eigenvalue weighted by atomic mass is 10.1. The summed E-state index contributed by atoms with van der Waals surface area (Å²) in [7, 11) is 3.90. The highest BCUT2D eigenvalue weighted by atomic mass is 32.1. The first-order valence-corrected chi connectivity index (χ1v) is 8.10. The van der Waals surface area contributed by atoms with Gasteiger partial charge >= 0.3 is 0 Å². The van der Waals surface area contributed by atoms with Gasteiger partial charge in [-0.3, -0.25) is 4.79 Å². The van der Waals surface area contributed by atoms with Crippen molar-refractivity contribution >= 4 is 28.3 Å². The molecule has 0 aliphatic carbocycles. The van der Waals surface area contributed by atoms with E-state index in [1.54, 1.807) is 0 Å². The summed E-state index contributed by atoms with van der Waals surface area (Å²) in [5, 5.41) is 7.11. The van der Waals surface area contributed by atoms with Gasteiger partial charge in [0.1, 0.15) is 5.75 Å². The third kappa shape index (κ3) is 3.59. The monoisotopic (exact) mass is 333 g/mol. The van der Waals surface area contributed by atoms with Crippen LogP contribution in [0.2, 0.25) is 0 Å². The van der Waals surface area contributed by atoms with Crippen molar-refractivity contribution in [3.8, 4) is 5.75 Å². The largest absolute Gasteiger partial charge is 0.482 e. The molecule has 2 N–H and O–H groups in total. The molecular formula is C15H19N5O2S. The molecule has 1 aliphatic rings. The second-order valence-corrected chi connectivity index (χ2v) is 6.31. The average molecular weight is 333 g/mol. The van der Waals surface area contributed by atoms with Crippen LogP contribution in [0, 0.1) is 0 Å². The molecule has 7 nitrogen and oxygen atoms in total. The Kier molecular flexibility index (Phi) is 4.44. The molecule has 122 valence electrons. The summed E-state index contributed by atoms with van der Waals surface area (Å²) in [4.78, 5) is 17.8. The average Bonchev–Trinajstić information content (AvgIpc) is 3.01. The van der Waals surface area contributed by atoms with E-state index in [1.807, 2.05) is 37.2 Å². The van der Waals surface area contributed by atoms with Gasteiger partial charge in [0, 0.05) is 31.7 Å². The smallest absolute Gasteiger partial charge is 0.262 e. The van der Waals surface area contributed by atoms with E-state index in [-0.39, 0.29) is 18.6 Å². The van der Waals surface area contributed by atoms with Crippen LogP contribution in [-0.4, -0.2) is 36.0 Å². The quantitative estimate of drug-likeness (QED) is 0.868. The summed E-state index contributed by atoms with van der Waals surface area (Å²) in [6, 6.07) is 5.91. The molecule has 1 unspecified atom stereocenters. The van der Waals surface area contributed by atoms with Gasteiger partial charge in [-0.25, -0.2) is 4.98 Å². The van der Waals surface area contributed by atoms with Crippen LogP contribution in [0.3, 0.4) is 0 Å². The van der Waals surface area contributed by atoms with Crippen molar-refractivity contribution in [1.82, 2.24) is 14.7 Å². The highest BCUT2D eigenvalue weighted by molar-refractivity contribution is 7.09. The lowest BCUT2D eigenvalue weighted by molar-refractivity contribution is -0.118. The molecule has 0 saturated heterocycles. The number of ether oxygens (including phenoxy) is 1. The van der Waals surface area contributed by atoms with Gasteiger partial charge in [0.05, 0.1) is 12.2 Å². The number of nitrogens with zero attached hydrogens (tertiary/aromatic N) is 3. The Hall–Kier alpha value is -2.19. The molecule has 3 rings (SSSR count). The van der Waals surface area contributed by atoms with Gasteiger partial charge in [0.25, 0.3) is 5.91 Å². The highest BCUT2D eigenvalue weighted by Gasteiger charge is 2.17. The molecule has 8 heteroatoms. The van der Waals surface area contributed by atoms with E-state index >= 15 is 0 Å². The van der Waals surface area contributed by atoms with Gasteiger partial charge in [0.15, 0.2) is 12.4 Å². The van der Waals surface area contributed by atoms with Crippen LogP contribution < -0.4 is 20.3 Å². The van der Waals surface area contributed by atoms with Crippen molar-refractivity contribution in [2.45, 2.75) is 19.5 Å². The van der Waals surface area contributed by atoms with Crippen molar-refractivity contribution < 1.29 is 9.53 Å². The van der Waals surface area contributed by atoms with Crippen LogP contribution in [0.15, 0.2) is 18.2 Å². The second kappa shape index (κ2) is 6.51. The molecule has 1 amide bonds. The van der Waals surface area contributed by atoms with Crippen LogP contribution in [0.1, 0.15) is 24.4 Å². The SMILES string of the molecule is CC(NCc1nsc(N(C)C)n1)c1ccc2c(c1)NC(=O)CO2. The number of amides is 1. The number of rotatable bonds is 5. The first-order valence-electron chi connectivity index (χ1n) is 7.33. The van der Waals surface area contributed by atoms with Crippen LogP contribution in [0.4, 0.5) is 10.8 Å². The van der Waals surface area contributed by atoms with Crippen molar-refractivity contribution in [1.29, 1.82) is 0 Å². The maximum atomic E-state index is 11.4. The molecular weight excluding hydrogens is 314 g/mol. The molecule has 1 atom stereocenters. The Balaban J connectivity index is 1.64. The van der Waals surface area contributed by atoms with Crippen molar-refractivity contribution in [2.75, 3.05) is 30.9 Å². The third-order valence-electron chi connectivity index (χ3n) is 3.54. The number of anilines is 2. The van der Waals surface area contributed by atoms with Gasteiger partial charge in [-0.15, -0.1) is 0 Å². The number of fused-ring (bicyclic) bond motifs is 1. The van der Waals surface area contributed by atoms with E-state index in [0.29, 0.717) is 18.0 Å². The van der Waals surface area contributed by atoms with E-state index in [1.165, 1.54) is 11.5 Å². The van der Waals surface area contributed by atoms with E-state index < -0.39 is 0 Å². The fourth-order valence-corrected chi connectivity index (χ4v) is 2.83. The molecule has 1 aromatic carbocycles. The normalized spacial score (nSPS) is 14.7. The van der Waals surface area contributed by atoms with Crippen molar-refractivity contribution in [2.24, 2.45) is 0 Å². The van der Waals surface area contributed by atoms with E-state index in [9.17, 15) is 4.79 Å². The zero-order valence-electron chi connectivity index (χ0n) is 13.3. The van der Waals surface area contributed by atoms with Crippen LogP contribution in [0.5, 0.6) is 5.75 Å². The summed E-state index contributed by atoms with van der Waals surface area (Å²) < 4.78 is 9.70. The van der Waals surface area contributed by atoms with Gasteiger partial charge in [-0.2, -0.15) is 4.37 Å². The lowest BCUT2D eigenvalue weighted by Gasteiger charge is -2.20. The highest BCUT2D eigenvalue weighted by Crippen LogP contribution is 2.30. The maximum Gasteiger partial charge on any atom is 0.262 e. The molecule has 0 fully saturated rings. The topological polar surface area (TPSA) is 79.4 Å². The lowest BCUT2D eigenvalue weighted by Crippen LogP contribution is -2.26. The van der Waals surface area contributed by atoms with Crippen molar-refractivity contribution in [3.63, 3.8) is 0 Å². The molecule has 1 aromatic heterocycles.